The highest BCUT2D eigenvalue weighted by Crippen LogP contribution is 2.33. The Morgan fingerprint density at radius 2 is 1.72 bits per heavy atom. The Kier molecular flexibility index (Phi) is 5.32. The summed E-state index contributed by atoms with van der Waals surface area (Å²) in [4.78, 5) is 34.7. The van der Waals surface area contributed by atoms with Crippen molar-refractivity contribution in [2.75, 3.05) is 5.32 Å². The highest BCUT2D eigenvalue weighted by molar-refractivity contribution is 7.89. The molecule has 3 aromatic rings. The molecule has 1 aliphatic rings. The van der Waals surface area contributed by atoms with Crippen molar-refractivity contribution >= 4 is 33.3 Å². The van der Waals surface area contributed by atoms with Gasteiger partial charge in [-0.25, -0.2) is 13.1 Å². The lowest BCUT2D eigenvalue weighted by Crippen LogP contribution is -2.27. The van der Waals surface area contributed by atoms with Gasteiger partial charge >= 0.3 is 0 Å². The first kappa shape index (κ1) is 21.3. The van der Waals surface area contributed by atoms with E-state index >= 15 is 0 Å². The summed E-state index contributed by atoms with van der Waals surface area (Å²) < 4.78 is 28.3. The van der Waals surface area contributed by atoms with Gasteiger partial charge < -0.3 is 5.32 Å². The highest BCUT2D eigenvalue weighted by atomic mass is 32.2. The summed E-state index contributed by atoms with van der Waals surface area (Å²) in [5.74, 6) is -0.778. The van der Waals surface area contributed by atoms with Crippen LogP contribution in [0.5, 0.6) is 0 Å². The molecule has 1 aromatic heterocycles. The molecule has 0 atom stereocenters. The summed E-state index contributed by atoms with van der Waals surface area (Å²) >= 11 is 0. The first-order valence-corrected chi connectivity index (χ1v) is 10.8. The number of aromatic nitrogens is 2. The molecular formula is C20H17N5O6S. The zero-order valence-corrected chi connectivity index (χ0v) is 17.6. The maximum absolute atomic E-state index is 13.1. The van der Waals surface area contributed by atoms with Crippen LogP contribution in [0.1, 0.15) is 33.3 Å². The van der Waals surface area contributed by atoms with E-state index in [1.807, 2.05) is 0 Å². The number of hydrogen-bond acceptors (Lipinski definition) is 7. The smallest absolute Gasteiger partial charge is 0.269 e. The largest absolute Gasteiger partial charge is 0.305 e. The second-order valence-electron chi connectivity index (χ2n) is 7.05. The summed E-state index contributed by atoms with van der Waals surface area (Å²) in [7, 11) is -4.01. The highest BCUT2D eigenvalue weighted by Gasteiger charge is 2.37. The van der Waals surface area contributed by atoms with Crippen molar-refractivity contribution in [1.29, 1.82) is 0 Å². The minimum absolute atomic E-state index is 0.102. The summed E-state index contributed by atoms with van der Waals surface area (Å²) in [6, 6.07) is 12.9. The molecule has 0 aliphatic carbocycles. The molecule has 2 aromatic carbocycles. The molecule has 1 aliphatic heterocycles. The third kappa shape index (κ3) is 3.76. The third-order valence-corrected chi connectivity index (χ3v) is 6.81. The normalized spacial score (nSPS) is 13.5. The number of nitrogens with one attached hydrogen (secondary N) is 1. The number of nitro benzene ring substituents is 1. The predicted octanol–water partition coefficient (Wildman–Crippen LogP) is 2.41. The van der Waals surface area contributed by atoms with Gasteiger partial charge in [-0.1, -0.05) is 18.2 Å². The van der Waals surface area contributed by atoms with Gasteiger partial charge in [0, 0.05) is 36.7 Å². The van der Waals surface area contributed by atoms with Crippen LogP contribution in [0.25, 0.3) is 0 Å². The number of sulfonamides is 1. The van der Waals surface area contributed by atoms with Crippen LogP contribution in [0.3, 0.4) is 0 Å². The van der Waals surface area contributed by atoms with Crippen molar-refractivity contribution in [2.45, 2.75) is 24.9 Å². The lowest BCUT2D eigenvalue weighted by atomic mass is 10.2. The second-order valence-corrected chi connectivity index (χ2v) is 8.99. The molecule has 11 nitrogen and oxygen atoms in total. The molecule has 0 fully saturated rings. The lowest BCUT2D eigenvalue weighted by molar-refractivity contribution is -0.384. The van der Waals surface area contributed by atoms with Crippen molar-refractivity contribution in [3.05, 3.63) is 81.5 Å². The van der Waals surface area contributed by atoms with Gasteiger partial charge in [0.05, 0.1) is 22.1 Å². The Bertz CT molecular complexity index is 1330. The molecule has 32 heavy (non-hydrogen) atoms. The minimum Gasteiger partial charge on any atom is -0.305 e. The monoisotopic (exact) mass is 455 g/mol. The fourth-order valence-electron chi connectivity index (χ4n) is 3.40. The van der Waals surface area contributed by atoms with Crippen molar-refractivity contribution in [3.8, 4) is 0 Å². The van der Waals surface area contributed by atoms with Crippen LogP contribution in [0, 0.1) is 10.1 Å². The van der Waals surface area contributed by atoms with Gasteiger partial charge in [-0.3, -0.25) is 19.7 Å². The molecule has 164 valence electrons. The number of nitro groups is 1. The van der Waals surface area contributed by atoms with Crippen molar-refractivity contribution < 1.29 is 22.9 Å². The van der Waals surface area contributed by atoms with E-state index in [1.54, 1.807) is 30.3 Å². The number of benzene rings is 2. The summed E-state index contributed by atoms with van der Waals surface area (Å²) in [5.41, 5.74) is 0.917. The Balaban J connectivity index is 1.64. The number of hydrogen-bond donors (Lipinski definition) is 1. The molecule has 0 unspecified atom stereocenters. The molecule has 4 rings (SSSR count). The number of anilines is 1. The average molecular weight is 455 g/mol. The predicted molar refractivity (Wildman–Crippen MR) is 112 cm³/mol. The Hall–Kier alpha value is -3.90. The van der Waals surface area contributed by atoms with E-state index in [-0.39, 0.29) is 29.5 Å². The Morgan fingerprint density at radius 1 is 1.06 bits per heavy atom. The van der Waals surface area contributed by atoms with Gasteiger partial charge in [0.1, 0.15) is 0 Å². The molecule has 0 radical (unpaired) electrons. The van der Waals surface area contributed by atoms with E-state index in [0.717, 1.165) is 33.3 Å². The van der Waals surface area contributed by atoms with E-state index in [0.29, 0.717) is 16.8 Å². The lowest BCUT2D eigenvalue weighted by Gasteiger charge is -2.16. The van der Waals surface area contributed by atoms with E-state index < -0.39 is 26.8 Å². The molecule has 0 bridgehead atoms. The summed E-state index contributed by atoms with van der Waals surface area (Å²) in [6.45, 7) is 1.03. The van der Waals surface area contributed by atoms with Gasteiger partial charge in [0.25, 0.3) is 11.6 Å². The fourth-order valence-corrected chi connectivity index (χ4v) is 4.77. The first-order valence-electron chi connectivity index (χ1n) is 9.41. The molecule has 0 spiro atoms. The quantitative estimate of drug-likeness (QED) is 0.459. The van der Waals surface area contributed by atoms with E-state index in [2.05, 4.69) is 10.4 Å². The first-order chi connectivity index (χ1) is 15.2. The zero-order valence-electron chi connectivity index (χ0n) is 16.8. The number of non-ortho nitro benzene ring substituents is 1. The van der Waals surface area contributed by atoms with Crippen LogP contribution < -0.4 is 5.32 Å². The van der Waals surface area contributed by atoms with Crippen LogP contribution in [-0.4, -0.2) is 39.2 Å². The van der Waals surface area contributed by atoms with Crippen LogP contribution in [0.2, 0.25) is 0 Å². The number of carbonyl (C=O) groups is 2. The number of fused-ring (bicyclic) bond motifs is 1. The van der Waals surface area contributed by atoms with Gasteiger partial charge in [-0.2, -0.15) is 4.31 Å². The fraction of sp³-hybridized carbons (Fsp3) is 0.150. The average Bonchev–Trinajstić information content (AvgIpc) is 3.35. The maximum atomic E-state index is 13.1. The van der Waals surface area contributed by atoms with Gasteiger partial charge in [0.2, 0.25) is 15.9 Å². The minimum atomic E-state index is -4.01. The summed E-state index contributed by atoms with van der Waals surface area (Å²) in [6.07, 6.45) is 0. The number of carbonyl (C=O) groups excluding carboxylic acids is 2. The molecular weight excluding hydrogens is 438 g/mol. The van der Waals surface area contributed by atoms with E-state index in [9.17, 15) is 28.1 Å². The molecule has 1 amide bonds. The zero-order chi connectivity index (χ0) is 23.0. The van der Waals surface area contributed by atoms with Gasteiger partial charge in [-0.05, 0) is 24.3 Å². The standard InChI is InChI=1S/C20H17N5O6S/c1-13(26)24-18-12-23(32(30,31)16-9-7-15(8-10-16)25(28)29)11-17(18)19(22-24)21-20(27)14-5-3-2-4-6-14/h2-10H,11-12H2,1H3,(H,21,22,27). The molecule has 12 heteroatoms. The van der Waals surface area contributed by atoms with Crippen molar-refractivity contribution in [2.24, 2.45) is 0 Å². The summed E-state index contributed by atoms with van der Waals surface area (Å²) in [5, 5.41) is 17.6. The molecule has 0 saturated carbocycles. The van der Waals surface area contributed by atoms with Crippen molar-refractivity contribution in [3.63, 3.8) is 0 Å². The molecule has 0 saturated heterocycles. The third-order valence-electron chi connectivity index (χ3n) is 5.00. The van der Waals surface area contributed by atoms with Crippen LogP contribution >= 0.6 is 0 Å². The van der Waals surface area contributed by atoms with Gasteiger partial charge in [0.15, 0.2) is 5.82 Å². The van der Waals surface area contributed by atoms with Crippen LogP contribution in [0.4, 0.5) is 11.5 Å². The van der Waals surface area contributed by atoms with Crippen LogP contribution in [0.15, 0.2) is 59.5 Å². The SMILES string of the molecule is CC(=O)n1nc(NC(=O)c2ccccc2)c2c1CN(S(=O)(=O)c1ccc([N+](=O)[O-])cc1)C2. The maximum Gasteiger partial charge on any atom is 0.269 e. The molecule has 2 heterocycles. The van der Waals surface area contributed by atoms with E-state index in [1.165, 1.54) is 6.92 Å². The Labute approximate surface area is 182 Å². The van der Waals surface area contributed by atoms with Gasteiger partial charge in [-0.15, -0.1) is 5.10 Å². The van der Waals surface area contributed by atoms with Crippen molar-refractivity contribution in [1.82, 2.24) is 14.1 Å². The topological polar surface area (TPSA) is 145 Å². The molecule has 1 N–H and O–H groups in total. The number of nitrogens with zero attached hydrogens (tertiary/aromatic N) is 4. The second kappa shape index (κ2) is 7.98. The van der Waals surface area contributed by atoms with Crippen LogP contribution in [-0.2, 0) is 23.1 Å². The number of rotatable bonds is 5. The van der Waals surface area contributed by atoms with E-state index in [4.69, 9.17) is 0 Å². The number of amides is 1. The Morgan fingerprint density at radius 3 is 2.31 bits per heavy atom.